The minimum absolute atomic E-state index is 0.103. The van der Waals surface area contributed by atoms with E-state index in [1.165, 1.54) is 7.11 Å². The molecular weight excluding hydrogens is 396 g/mol. The highest BCUT2D eigenvalue weighted by molar-refractivity contribution is 8.18. The second-order valence-electron chi connectivity index (χ2n) is 6.16. The molecule has 0 spiro atoms. The van der Waals surface area contributed by atoms with Crippen molar-refractivity contribution in [3.63, 3.8) is 0 Å². The molecule has 1 aromatic carbocycles. The lowest BCUT2D eigenvalue weighted by Crippen LogP contribution is -2.46. The van der Waals surface area contributed by atoms with Gasteiger partial charge in [0.05, 0.1) is 25.2 Å². The number of carbonyl (C=O) groups excluding carboxylic acids is 3. The van der Waals surface area contributed by atoms with Crippen LogP contribution in [-0.2, 0) is 14.3 Å². The highest BCUT2D eigenvalue weighted by Gasteiger charge is 2.37. The molecule has 9 heteroatoms. The standard InChI is InChI=1S/C20H20N2O6S/c1-3-8-28-15-5-4-14(11-16(15)26-2)12-17-19(24)22(20(25)29-17)13-18(23)21-6-9-27-10-7-21/h1,4-5,11-12H,6-10,13H2,2H3/b17-12-. The van der Waals surface area contributed by atoms with Gasteiger partial charge in [-0.05, 0) is 35.5 Å². The van der Waals surface area contributed by atoms with Gasteiger partial charge >= 0.3 is 0 Å². The highest BCUT2D eigenvalue weighted by atomic mass is 32.2. The van der Waals surface area contributed by atoms with Crippen LogP contribution in [0, 0.1) is 12.3 Å². The molecule has 2 fully saturated rings. The Bertz CT molecular complexity index is 885. The molecule has 0 aliphatic carbocycles. The number of benzene rings is 1. The first-order valence-corrected chi connectivity index (χ1v) is 9.70. The van der Waals surface area contributed by atoms with E-state index in [0.29, 0.717) is 43.4 Å². The molecule has 0 saturated carbocycles. The Morgan fingerprint density at radius 1 is 1.31 bits per heavy atom. The van der Waals surface area contributed by atoms with Gasteiger partial charge in [-0.1, -0.05) is 12.0 Å². The molecule has 0 unspecified atom stereocenters. The van der Waals surface area contributed by atoms with Crippen LogP contribution < -0.4 is 9.47 Å². The fraction of sp³-hybridized carbons (Fsp3) is 0.350. The van der Waals surface area contributed by atoms with E-state index in [-0.39, 0.29) is 24.0 Å². The van der Waals surface area contributed by atoms with Crippen molar-refractivity contribution >= 4 is 34.9 Å². The van der Waals surface area contributed by atoms with Gasteiger partial charge in [0.1, 0.15) is 13.2 Å². The summed E-state index contributed by atoms with van der Waals surface area (Å²) in [5.74, 6) is 2.55. The Hall–Kier alpha value is -2.96. The van der Waals surface area contributed by atoms with Crippen LogP contribution in [0.1, 0.15) is 5.56 Å². The summed E-state index contributed by atoms with van der Waals surface area (Å²) < 4.78 is 15.9. The third kappa shape index (κ3) is 4.91. The molecule has 8 nitrogen and oxygen atoms in total. The monoisotopic (exact) mass is 416 g/mol. The molecule has 0 N–H and O–H groups in total. The predicted octanol–water partition coefficient (Wildman–Crippen LogP) is 1.60. The number of hydrogen-bond donors (Lipinski definition) is 0. The van der Waals surface area contributed by atoms with Crippen LogP contribution in [0.2, 0.25) is 0 Å². The number of amides is 3. The minimum atomic E-state index is -0.492. The van der Waals surface area contributed by atoms with Crippen molar-refractivity contribution in [1.82, 2.24) is 9.80 Å². The van der Waals surface area contributed by atoms with Crippen molar-refractivity contribution in [2.75, 3.05) is 46.6 Å². The topological polar surface area (TPSA) is 85.4 Å². The number of hydrogen-bond acceptors (Lipinski definition) is 7. The Balaban J connectivity index is 1.72. The average molecular weight is 416 g/mol. The molecule has 152 valence electrons. The number of thioether (sulfide) groups is 1. The Morgan fingerprint density at radius 2 is 2.07 bits per heavy atom. The van der Waals surface area contributed by atoms with E-state index in [0.717, 1.165) is 16.7 Å². The molecule has 0 radical (unpaired) electrons. The fourth-order valence-electron chi connectivity index (χ4n) is 2.85. The fourth-order valence-corrected chi connectivity index (χ4v) is 3.69. The summed E-state index contributed by atoms with van der Waals surface area (Å²) in [6.07, 6.45) is 6.78. The van der Waals surface area contributed by atoms with E-state index in [2.05, 4.69) is 5.92 Å². The second-order valence-corrected chi connectivity index (χ2v) is 7.16. The molecule has 0 bridgehead atoms. The largest absolute Gasteiger partial charge is 0.493 e. The first-order chi connectivity index (χ1) is 14.0. The van der Waals surface area contributed by atoms with Crippen molar-refractivity contribution in [2.24, 2.45) is 0 Å². The maximum absolute atomic E-state index is 12.6. The maximum Gasteiger partial charge on any atom is 0.294 e. The number of carbonyl (C=O) groups is 3. The molecular formula is C20H20N2O6S. The number of imide groups is 1. The summed E-state index contributed by atoms with van der Waals surface area (Å²) in [5, 5.41) is -0.469. The van der Waals surface area contributed by atoms with Gasteiger partial charge in [-0.2, -0.15) is 0 Å². The van der Waals surface area contributed by atoms with Crippen molar-refractivity contribution in [2.45, 2.75) is 0 Å². The summed E-state index contributed by atoms with van der Waals surface area (Å²) in [5.41, 5.74) is 0.653. The lowest BCUT2D eigenvalue weighted by molar-refractivity contribution is -0.139. The number of rotatable bonds is 6. The second kappa shape index (κ2) is 9.49. The van der Waals surface area contributed by atoms with E-state index >= 15 is 0 Å². The molecule has 1 aromatic rings. The number of terminal acetylenes is 1. The number of methoxy groups -OCH3 is 1. The first-order valence-electron chi connectivity index (χ1n) is 8.88. The van der Waals surface area contributed by atoms with Gasteiger partial charge in [-0.15, -0.1) is 6.42 Å². The lowest BCUT2D eigenvalue weighted by atomic mass is 10.2. The zero-order chi connectivity index (χ0) is 20.8. The molecule has 3 amide bonds. The summed E-state index contributed by atoms with van der Waals surface area (Å²) in [6.45, 7) is 1.65. The number of morpholine rings is 1. The molecule has 2 aliphatic rings. The molecule has 0 aromatic heterocycles. The molecule has 3 rings (SSSR count). The zero-order valence-corrected chi connectivity index (χ0v) is 16.7. The van der Waals surface area contributed by atoms with Crippen LogP contribution in [0.25, 0.3) is 6.08 Å². The van der Waals surface area contributed by atoms with Crippen molar-refractivity contribution in [1.29, 1.82) is 0 Å². The van der Waals surface area contributed by atoms with Crippen molar-refractivity contribution < 1.29 is 28.6 Å². The van der Waals surface area contributed by atoms with E-state index in [4.69, 9.17) is 20.6 Å². The lowest BCUT2D eigenvalue weighted by Gasteiger charge is -2.28. The molecule has 2 heterocycles. The van der Waals surface area contributed by atoms with Crippen LogP contribution in [0.4, 0.5) is 4.79 Å². The third-order valence-electron chi connectivity index (χ3n) is 4.33. The minimum Gasteiger partial charge on any atom is -0.493 e. The summed E-state index contributed by atoms with van der Waals surface area (Å²) >= 11 is 0.801. The Morgan fingerprint density at radius 3 is 2.76 bits per heavy atom. The van der Waals surface area contributed by atoms with E-state index in [1.807, 2.05) is 0 Å². The SMILES string of the molecule is C#CCOc1ccc(/C=C2\SC(=O)N(CC(=O)N3CCOCC3)C2=O)cc1OC. The molecule has 2 saturated heterocycles. The zero-order valence-electron chi connectivity index (χ0n) is 15.9. The number of ether oxygens (including phenoxy) is 3. The van der Waals surface area contributed by atoms with Gasteiger partial charge in [0.15, 0.2) is 11.5 Å². The van der Waals surface area contributed by atoms with Gasteiger partial charge in [-0.3, -0.25) is 19.3 Å². The number of nitrogens with zero attached hydrogens (tertiary/aromatic N) is 2. The quantitative estimate of drug-likeness (QED) is 0.514. The molecule has 2 aliphatic heterocycles. The van der Waals surface area contributed by atoms with Crippen LogP contribution in [-0.4, -0.2) is 73.4 Å². The normalized spacial score (nSPS) is 18.1. The van der Waals surface area contributed by atoms with Gasteiger partial charge in [0, 0.05) is 13.1 Å². The van der Waals surface area contributed by atoms with E-state index < -0.39 is 11.1 Å². The highest BCUT2D eigenvalue weighted by Crippen LogP contribution is 2.34. The van der Waals surface area contributed by atoms with Gasteiger partial charge in [0.2, 0.25) is 5.91 Å². The van der Waals surface area contributed by atoms with Crippen molar-refractivity contribution in [3.8, 4) is 23.8 Å². The van der Waals surface area contributed by atoms with E-state index in [1.54, 1.807) is 29.2 Å². The van der Waals surface area contributed by atoms with Gasteiger partial charge in [-0.25, -0.2) is 0 Å². The van der Waals surface area contributed by atoms with Crippen LogP contribution in [0.3, 0.4) is 0 Å². The summed E-state index contributed by atoms with van der Waals surface area (Å²) in [4.78, 5) is 40.1. The van der Waals surface area contributed by atoms with Crippen LogP contribution >= 0.6 is 11.8 Å². The molecule has 0 atom stereocenters. The summed E-state index contributed by atoms with van der Waals surface area (Å²) in [6, 6.07) is 5.08. The van der Waals surface area contributed by atoms with Crippen LogP contribution in [0.5, 0.6) is 11.5 Å². The average Bonchev–Trinajstić information content (AvgIpc) is 3.00. The van der Waals surface area contributed by atoms with E-state index in [9.17, 15) is 14.4 Å². The Labute approximate surface area is 172 Å². The predicted molar refractivity (Wildman–Crippen MR) is 107 cm³/mol. The molecule has 29 heavy (non-hydrogen) atoms. The van der Waals surface area contributed by atoms with Gasteiger partial charge < -0.3 is 19.1 Å². The maximum atomic E-state index is 12.6. The Kier molecular flexibility index (Phi) is 6.80. The smallest absolute Gasteiger partial charge is 0.294 e. The summed E-state index contributed by atoms with van der Waals surface area (Å²) in [7, 11) is 1.49. The third-order valence-corrected chi connectivity index (χ3v) is 5.23. The van der Waals surface area contributed by atoms with Gasteiger partial charge in [0.25, 0.3) is 11.1 Å². The first kappa shape index (κ1) is 20.8. The van der Waals surface area contributed by atoms with Crippen LogP contribution in [0.15, 0.2) is 23.1 Å². The van der Waals surface area contributed by atoms with Crippen molar-refractivity contribution in [3.05, 3.63) is 28.7 Å².